The van der Waals surface area contributed by atoms with Crippen LogP contribution in [0.2, 0.25) is 0 Å². The fraction of sp³-hybridized carbons (Fsp3) is 0.265. The molecule has 0 aliphatic carbocycles. The van der Waals surface area contributed by atoms with Crippen LogP contribution in [0.1, 0.15) is 36.0 Å². The highest BCUT2D eigenvalue weighted by atomic mass is 32.2. The SMILES string of the molecule is CC1CNC[C@H](CCc2c(F)cccc2NC(=O)C(N)C(c2cccc(F)c2)c2cccc(F)c2)N1S(=O)(=O)c1ccccc1. The predicted molar refractivity (Wildman–Crippen MR) is 168 cm³/mol. The largest absolute Gasteiger partial charge is 0.324 e. The van der Waals surface area contributed by atoms with Crippen molar-refractivity contribution in [3.8, 4) is 0 Å². The van der Waals surface area contributed by atoms with Crippen molar-refractivity contribution >= 4 is 21.6 Å². The van der Waals surface area contributed by atoms with Crippen LogP contribution < -0.4 is 16.4 Å². The Morgan fingerprint density at radius 3 is 2.16 bits per heavy atom. The molecule has 0 bridgehead atoms. The summed E-state index contributed by atoms with van der Waals surface area (Å²) in [5.74, 6) is -3.23. The van der Waals surface area contributed by atoms with Crippen LogP contribution in [0.3, 0.4) is 0 Å². The lowest BCUT2D eigenvalue weighted by molar-refractivity contribution is -0.117. The first-order valence-corrected chi connectivity index (χ1v) is 16.1. The van der Waals surface area contributed by atoms with Crippen LogP contribution in [-0.4, -0.2) is 49.8 Å². The number of halogens is 3. The molecular weight excluding hydrogens is 601 g/mol. The van der Waals surface area contributed by atoms with Crippen molar-refractivity contribution in [1.82, 2.24) is 9.62 Å². The number of nitrogens with zero attached hydrogens (tertiary/aromatic N) is 1. The Kier molecular flexibility index (Phi) is 10.0. The van der Waals surface area contributed by atoms with Gasteiger partial charge in [-0.1, -0.05) is 48.5 Å². The zero-order valence-corrected chi connectivity index (χ0v) is 25.5. The number of nitrogens with two attached hydrogens (primary N) is 1. The summed E-state index contributed by atoms with van der Waals surface area (Å²) in [5.41, 5.74) is 7.59. The van der Waals surface area contributed by atoms with Crippen molar-refractivity contribution in [2.24, 2.45) is 5.73 Å². The molecule has 4 aromatic carbocycles. The molecule has 2 unspecified atom stereocenters. The van der Waals surface area contributed by atoms with Crippen LogP contribution in [0.25, 0.3) is 0 Å². The Balaban J connectivity index is 1.39. The van der Waals surface area contributed by atoms with Crippen LogP contribution in [-0.2, 0) is 21.2 Å². The lowest BCUT2D eigenvalue weighted by atomic mass is 9.84. The number of nitrogens with one attached hydrogen (secondary N) is 2. The van der Waals surface area contributed by atoms with Gasteiger partial charge in [0.05, 0.1) is 10.9 Å². The average Bonchev–Trinajstić information content (AvgIpc) is 3.01. The molecule has 1 amide bonds. The minimum absolute atomic E-state index is 0.120. The van der Waals surface area contributed by atoms with E-state index in [-0.39, 0.29) is 35.0 Å². The van der Waals surface area contributed by atoms with Crippen molar-refractivity contribution in [2.75, 3.05) is 18.4 Å². The van der Waals surface area contributed by atoms with E-state index in [0.29, 0.717) is 24.2 Å². The maximum atomic E-state index is 15.3. The van der Waals surface area contributed by atoms with Gasteiger partial charge in [0.25, 0.3) is 0 Å². The second kappa shape index (κ2) is 13.9. The maximum absolute atomic E-state index is 15.3. The number of piperazine rings is 1. The predicted octanol–water partition coefficient (Wildman–Crippen LogP) is 5.19. The van der Waals surface area contributed by atoms with E-state index in [4.69, 9.17) is 5.73 Å². The molecule has 4 N–H and O–H groups in total. The molecule has 1 saturated heterocycles. The molecule has 0 saturated carbocycles. The topological polar surface area (TPSA) is 105 Å². The summed E-state index contributed by atoms with van der Waals surface area (Å²) in [5, 5.41) is 5.99. The number of sulfonamides is 1. The zero-order chi connectivity index (χ0) is 32.1. The minimum atomic E-state index is -3.82. The molecule has 45 heavy (non-hydrogen) atoms. The first-order valence-electron chi connectivity index (χ1n) is 14.7. The Hall–Kier alpha value is -4.03. The van der Waals surface area contributed by atoms with Crippen molar-refractivity contribution < 1.29 is 26.4 Å². The molecule has 5 rings (SSSR count). The van der Waals surface area contributed by atoms with E-state index in [1.807, 2.05) is 6.92 Å². The Morgan fingerprint density at radius 1 is 0.911 bits per heavy atom. The number of hydrogen-bond donors (Lipinski definition) is 3. The molecule has 0 spiro atoms. The standard InChI is InChI=1S/C34H35F3N4O3S/c1-22-20-39-21-27(41(22)45(43,44)28-12-3-2-4-13-28)16-17-29-30(37)14-7-15-31(29)40-34(42)33(38)32(23-8-5-10-25(35)18-23)24-9-6-11-26(36)19-24/h2-15,18-19,22,27,32-33,39H,16-17,20-21,38H2,1H3,(H,40,42)/t22?,27-,33?/m0/s1. The Labute approximate surface area is 261 Å². The van der Waals surface area contributed by atoms with Crippen LogP contribution in [0.15, 0.2) is 102 Å². The number of anilines is 1. The fourth-order valence-corrected chi connectivity index (χ4v) is 7.86. The van der Waals surface area contributed by atoms with Gasteiger partial charge in [0, 0.05) is 42.3 Å². The van der Waals surface area contributed by atoms with Crippen LogP contribution >= 0.6 is 0 Å². The highest BCUT2D eigenvalue weighted by Gasteiger charge is 2.38. The molecule has 4 aromatic rings. The third kappa shape index (κ3) is 7.28. The number of rotatable bonds is 10. The summed E-state index contributed by atoms with van der Waals surface area (Å²) in [7, 11) is -3.82. The van der Waals surface area contributed by atoms with E-state index in [0.717, 1.165) is 0 Å². The van der Waals surface area contributed by atoms with Crippen molar-refractivity contribution in [3.05, 3.63) is 131 Å². The summed E-state index contributed by atoms with van der Waals surface area (Å²) in [6.07, 6.45) is 0.392. The van der Waals surface area contributed by atoms with Gasteiger partial charge in [-0.2, -0.15) is 4.31 Å². The third-order valence-corrected chi connectivity index (χ3v) is 10.2. The van der Waals surface area contributed by atoms with Gasteiger partial charge in [0.15, 0.2) is 0 Å². The van der Waals surface area contributed by atoms with E-state index < -0.39 is 51.4 Å². The van der Waals surface area contributed by atoms with E-state index >= 15 is 4.39 Å². The highest BCUT2D eigenvalue weighted by molar-refractivity contribution is 7.89. The van der Waals surface area contributed by atoms with E-state index in [2.05, 4.69) is 10.6 Å². The summed E-state index contributed by atoms with van der Waals surface area (Å²) in [4.78, 5) is 13.8. The quantitative estimate of drug-likeness (QED) is 0.223. The molecule has 1 heterocycles. The number of benzene rings is 4. The van der Waals surface area contributed by atoms with Gasteiger partial charge in [-0.15, -0.1) is 0 Å². The van der Waals surface area contributed by atoms with Crippen LogP contribution in [0.5, 0.6) is 0 Å². The van der Waals surface area contributed by atoms with Crippen molar-refractivity contribution in [1.29, 1.82) is 0 Å². The second-order valence-corrected chi connectivity index (χ2v) is 13.1. The van der Waals surface area contributed by atoms with Gasteiger partial charge >= 0.3 is 0 Å². The smallest absolute Gasteiger partial charge is 0.243 e. The first kappa shape index (κ1) is 32.4. The summed E-state index contributed by atoms with van der Waals surface area (Å²) >= 11 is 0. The zero-order valence-electron chi connectivity index (χ0n) is 24.7. The maximum Gasteiger partial charge on any atom is 0.243 e. The van der Waals surface area contributed by atoms with Gasteiger partial charge in [0.1, 0.15) is 17.5 Å². The molecule has 1 aliphatic rings. The van der Waals surface area contributed by atoms with Crippen molar-refractivity contribution in [2.45, 2.75) is 48.7 Å². The molecule has 236 valence electrons. The summed E-state index contributed by atoms with van der Waals surface area (Å²) < 4.78 is 72.4. The summed E-state index contributed by atoms with van der Waals surface area (Å²) in [6.45, 7) is 2.67. The summed E-state index contributed by atoms with van der Waals surface area (Å²) in [6, 6.07) is 21.5. The minimum Gasteiger partial charge on any atom is -0.324 e. The molecule has 1 fully saturated rings. The lowest BCUT2D eigenvalue weighted by Crippen LogP contribution is -2.58. The molecule has 0 radical (unpaired) electrons. The van der Waals surface area contributed by atoms with E-state index in [1.165, 1.54) is 52.8 Å². The fourth-order valence-electron chi connectivity index (χ4n) is 5.99. The lowest BCUT2D eigenvalue weighted by Gasteiger charge is -2.40. The average molecular weight is 637 g/mol. The van der Waals surface area contributed by atoms with Gasteiger partial charge < -0.3 is 16.4 Å². The molecular formula is C34H35F3N4O3S. The second-order valence-electron chi connectivity index (χ2n) is 11.2. The number of hydrogen-bond acceptors (Lipinski definition) is 5. The highest BCUT2D eigenvalue weighted by Crippen LogP contribution is 2.31. The Morgan fingerprint density at radius 2 is 1.53 bits per heavy atom. The number of carbonyl (C=O) groups excluding carboxylic acids is 1. The Bertz CT molecular complexity index is 1710. The van der Waals surface area contributed by atoms with Crippen LogP contribution in [0, 0.1) is 17.5 Å². The number of amides is 1. The van der Waals surface area contributed by atoms with Crippen molar-refractivity contribution in [3.63, 3.8) is 0 Å². The normalized spacial score (nSPS) is 18.1. The van der Waals surface area contributed by atoms with Gasteiger partial charge in [-0.3, -0.25) is 4.79 Å². The van der Waals surface area contributed by atoms with Crippen LogP contribution in [0.4, 0.5) is 18.9 Å². The molecule has 7 nitrogen and oxygen atoms in total. The molecule has 0 aromatic heterocycles. The molecule has 3 atom stereocenters. The van der Waals surface area contributed by atoms with Gasteiger partial charge in [-0.05, 0) is 79.4 Å². The van der Waals surface area contributed by atoms with Gasteiger partial charge in [0.2, 0.25) is 15.9 Å². The first-order chi connectivity index (χ1) is 21.6. The molecule has 11 heteroatoms. The molecule has 1 aliphatic heterocycles. The van der Waals surface area contributed by atoms with Gasteiger partial charge in [-0.25, -0.2) is 21.6 Å². The third-order valence-electron chi connectivity index (χ3n) is 8.11. The monoisotopic (exact) mass is 636 g/mol. The van der Waals surface area contributed by atoms with E-state index in [1.54, 1.807) is 48.5 Å². The van der Waals surface area contributed by atoms with E-state index in [9.17, 15) is 22.0 Å². The number of carbonyl (C=O) groups is 1.